The predicted molar refractivity (Wildman–Crippen MR) is 83.3 cm³/mol. The van der Waals surface area contributed by atoms with Gasteiger partial charge in [-0.15, -0.1) is 0 Å². The minimum absolute atomic E-state index is 0.113. The van der Waals surface area contributed by atoms with E-state index < -0.39 is 5.66 Å². The monoisotopic (exact) mass is 307 g/mol. The van der Waals surface area contributed by atoms with Crippen molar-refractivity contribution in [1.82, 2.24) is 5.06 Å². The number of ether oxygens (including phenoxy) is 1. The molecule has 8 heteroatoms. The van der Waals surface area contributed by atoms with Gasteiger partial charge in [0.1, 0.15) is 0 Å². The van der Waals surface area contributed by atoms with Crippen molar-refractivity contribution in [3.05, 3.63) is 24.3 Å². The minimum Gasteiger partial charge on any atom is -0.504 e. The van der Waals surface area contributed by atoms with Gasteiger partial charge in [0.25, 0.3) is 0 Å². The van der Waals surface area contributed by atoms with Crippen molar-refractivity contribution in [2.75, 3.05) is 13.2 Å². The van der Waals surface area contributed by atoms with Crippen LogP contribution in [0.1, 0.15) is 20.3 Å². The maximum absolute atomic E-state index is 9.58. The van der Waals surface area contributed by atoms with Crippen LogP contribution in [0.2, 0.25) is 0 Å². The predicted octanol–water partition coefficient (Wildman–Crippen LogP) is 0.774. The summed E-state index contributed by atoms with van der Waals surface area (Å²) < 4.78 is 5.46. The topological polar surface area (TPSA) is 119 Å². The Morgan fingerprint density at radius 2 is 1.95 bits per heavy atom. The van der Waals surface area contributed by atoms with Crippen molar-refractivity contribution in [2.45, 2.75) is 25.9 Å². The quantitative estimate of drug-likeness (QED) is 0.668. The van der Waals surface area contributed by atoms with E-state index in [0.29, 0.717) is 25.4 Å². The summed E-state index contributed by atoms with van der Waals surface area (Å²) >= 11 is 0. The summed E-state index contributed by atoms with van der Waals surface area (Å²) in [5.41, 5.74) is 10.7. The van der Waals surface area contributed by atoms with Gasteiger partial charge in [-0.2, -0.15) is 10.1 Å². The van der Waals surface area contributed by atoms with Crippen LogP contribution in [0.4, 0.5) is 0 Å². The average Bonchev–Trinajstić information content (AvgIpc) is 2.42. The SMILES string of the molecule is CC1(C)N=C(N)N=C(N)N1OCCCOc1ccccc1O. The van der Waals surface area contributed by atoms with Gasteiger partial charge >= 0.3 is 0 Å². The Morgan fingerprint density at radius 3 is 2.64 bits per heavy atom. The molecule has 8 nitrogen and oxygen atoms in total. The number of benzene rings is 1. The number of para-hydroxylation sites is 2. The summed E-state index contributed by atoms with van der Waals surface area (Å²) in [6.45, 7) is 4.40. The zero-order valence-electron chi connectivity index (χ0n) is 12.7. The summed E-state index contributed by atoms with van der Waals surface area (Å²) in [4.78, 5) is 13.6. The summed E-state index contributed by atoms with van der Waals surface area (Å²) in [5, 5.41) is 11.0. The molecule has 0 spiro atoms. The van der Waals surface area contributed by atoms with Crippen LogP contribution in [0.5, 0.6) is 11.5 Å². The fourth-order valence-corrected chi connectivity index (χ4v) is 1.99. The Kier molecular flexibility index (Phi) is 4.71. The summed E-state index contributed by atoms with van der Waals surface area (Å²) in [7, 11) is 0. The van der Waals surface area contributed by atoms with E-state index in [1.165, 1.54) is 5.06 Å². The molecule has 0 amide bonds. The molecule has 0 atom stereocenters. The van der Waals surface area contributed by atoms with Gasteiger partial charge in [-0.3, -0.25) is 4.84 Å². The lowest BCUT2D eigenvalue weighted by atomic mass is 10.2. The summed E-state index contributed by atoms with van der Waals surface area (Å²) in [6, 6.07) is 6.80. The molecule has 0 unspecified atom stereocenters. The first kappa shape index (κ1) is 15.9. The number of aliphatic imine (C=N–C) groups is 2. The van der Waals surface area contributed by atoms with Gasteiger partial charge in [0, 0.05) is 6.42 Å². The summed E-state index contributed by atoms with van der Waals surface area (Å²) in [6.07, 6.45) is 0.605. The molecule has 22 heavy (non-hydrogen) atoms. The number of hydroxylamine groups is 2. The molecule has 1 heterocycles. The second kappa shape index (κ2) is 6.52. The van der Waals surface area contributed by atoms with Crippen LogP contribution in [0, 0.1) is 0 Å². The highest BCUT2D eigenvalue weighted by Gasteiger charge is 2.32. The van der Waals surface area contributed by atoms with Gasteiger partial charge in [0.05, 0.1) is 13.2 Å². The van der Waals surface area contributed by atoms with E-state index in [0.717, 1.165) is 0 Å². The Labute approximate surface area is 129 Å². The molecule has 1 aromatic carbocycles. The third-order valence-corrected chi connectivity index (χ3v) is 2.95. The van der Waals surface area contributed by atoms with Gasteiger partial charge in [0.2, 0.25) is 11.9 Å². The zero-order valence-corrected chi connectivity index (χ0v) is 12.7. The molecule has 0 saturated heterocycles. The molecule has 120 valence electrons. The third kappa shape index (κ3) is 3.79. The molecule has 0 aliphatic carbocycles. The number of nitrogens with zero attached hydrogens (tertiary/aromatic N) is 3. The van der Waals surface area contributed by atoms with E-state index in [9.17, 15) is 5.11 Å². The fraction of sp³-hybridized carbons (Fsp3) is 0.429. The van der Waals surface area contributed by atoms with Crippen molar-refractivity contribution in [3.8, 4) is 11.5 Å². The molecule has 1 aromatic rings. The molecule has 0 aromatic heterocycles. The molecule has 0 radical (unpaired) electrons. The zero-order chi connectivity index (χ0) is 16.2. The number of hydrogen-bond donors (Lipinski definition) is 3. The first-order chi connectivity index (χ1) is 10.4. The smallest absolute Gasteiger partial charge is 0.226 e. The Bertz CT molecular complexity index is 586. The number of rotatable bonds is 6. The first-order valence-corrected chi connectivity index (χ1v) is 6.93. The second-order valence-corrected chi connectivity index (χ2v) is 5.23. The van der Waals surface area contributed by atoms with Gasteiger partial charge < -0.3 is 21.3 Å². The molecule has 0 saturated carbocycles. The van der Waals surface area contributed by atoms with Crippen molar-refractivity contribution in [2.24, 2.45) is 21.5 Å². The Balaban J connectivity index is 1.77. The third-order valence-electron chi connectivity index (χ3n) is 2.95. The fourth-order valence-electron chi connectivity index (χ4n) is 1.99. The molecule has 0 fully saturated rings. The molecular formula is C14H21N5O3. The highest BCUT2D eigenvalue weighted by Crippen LogP contribution is 2.24. The minimum atomic E-state index is -0.714. The molecule has 5 N–H and O–H groups in total. The molecule has 1 aliphatic heterocycles. The Morgan fingerprint density at radius 1 is 1.23 bits per heavy atom. The van der Waals surface area contributed by atoms with E-state index in [2.05, 4.69) is 9.98 Å². The van der Waals surface area contributed by atoms with Crippen LogP contribution in [0.15, 0.2) is 34.3 Å². The average molecular weight is 307 g/mol. The number of hydrogen-bond acceptors (Lipinski definition) is 8. The van der Waals surface area contributed by atoms with Crippen LogP contribution in [0.3, 0.4) is 0 Å². The maximum Gasteiger partial charge on any atom is 0.226 e. The van der Waals surface area contributed by atoms with Crippen molar-refractivity contribution >= 4 is 11.9 Å². The van der Waals surface area contributed by atoms with E-state index in [1.807, 2.05) is 13.8 Å². The number of phenols is 1. The van der Waals surface area contributed by atoms with E-state index in [-0.39, 0.29) is 17.7 Å². The molecule has 1 aliphatic rings. The van der Waals surface area contributed by atoms with Crippen molar-refractivity contribution in [1.29, 1.82) is 0 Å². The lowest BCUT2D eigenvalue weighted by Crippen LogP contribution is -2.53. The molecular weight excluding hydrogens is 286 g/mol. The number of nitrogens with two attached hydrogens (primary N) is 2. The summed E-state index contributed by atoms with van der Waals surface area (Å²) in [5.74, 6) is 0.852. The van der Waals surface area contributed by atoms with Gasteiger partial charge in [0.15, 0.2) is 17.2 Å². The Hall–Kier alpha value is -2.48. The van der Waals surface area contributed by atoms with Gasteiger partial charge in [-0.05, 0) is 26.0 Å². The van der Waals surface area contributed by atoms with Crippen molar-refractivity contribution in [3.63, 3.8) is 0 Å². The van der Waals surface area contributed by atoms with Crippen LogP contribution in [0.25, 0.3) is 0 Å². The van der Waals surface area contributed by atoms with E-state index in [1.54, 1.807) is 24.3 Å². The maximum atomic E-state index is 9.58. The molecule has 2 rings (SSSR count). The van der Waals surface area contributed by atoms with Crippen LogP contribution < -0.4 is 16.2 Å². The lowest BCUT2D eigenvalue weighted by Gasteiger charge is -2.36. The largest absolute Gasteiger partial charge is 0.504 e. The first-order valence-electron chi connectivity index (χ1n) is 6.93. The van der Waals surface area contributed by atoms with E-state index >= 15 is 0 Å². The molecule has 0 bridgehead atoms. The standard InChI is InChI=1S/C14H21N5O3/c1-14(2)18-12(15)17-13(16)19(14)22-9-5-8-21-11-7-4-3-6-10(11)20/h3-4,6-7,20H,5,8-9H2,1-2H3,(H4,15,16,17,18). The van der Waals surface area contributed by atoms with E-state index in [4.69, 9.17) is 21.0 Å². The normalized spacial score (nSPS) is 16.9. The van der Waals surface area contributed by atoms with Crippen molar-refractivity contribution < 1.29 is 14.7 Å². The van der Waals surface area contributed by atoms with Crippen LogP contribution >= 0.6 is 0 Å². The number of phenolic OH excluding ortho intramolecular Hbond substituents is 1. The van der Waals surface area contributed by atoms with Gasteiger partial charge in [-0.1, -0.05) is 12.1 Å². The number of guanidine groups is 2. The second-order valence-electron chi connectivity index (χ2n) is 5.23. The van der Waals surface area contributed by atoms with Gasteiger partial charge in [-0.25, -0.2) is 4.99 Å². The highest BCUT2D eigenvalue weighted by atomic mass is 16.7. The number of aromatic hydroxyl groups is 1. The highest BCUT2D eigenvalue weighted by molar-refractivity contribution is 5.95. The lowest BCUT2D eigenvalue weighted by molar-refractivity contribution is -0.158. The van der Waals surface area contributed by atoms with Crippen LogP contribution in [-0.4, -0.2) is 41.0 Å². The van der Waals surface area contributed by atoms with Crippen LogP contribution in [-0.2, 0) is 4.84 Å².